The Kier molecular flexibility index (Phi) is 6.97. The standard InChI is InChI=1S/C9H15Cl2NO2/c1-4-5-12(7(2)6-14-3)9(13)8(10)11/h4,7-8H,1,5-6H2,2-3H3. The van der Waals surface area contributed by atoms with Gasteiger partial charge in [-0.15, -0.1) is 6.58 Å². The van der Waals surface area contributed by atoms with Crippen LogP contribution in [0.5, 0.6) is 0 Å². The minimum atomic E-state index is -1.03. The maximum Gasteiger partial charge on any atom is 0.256 e. The van der Waals surface area contributed by atoms with E-state index in [0.29, 0.717) is 13.2 Å². The fraction of sp³-hybridized carbons (Fsp3) is 0.667. The zero-order valence-corrected chi connectivity index (χ0v) is 9.88. The lowest BCUT2D eigenvalue weighted by Gasteiger charge is -2.28. The van der Waals surface area contributed by atoms with Gasteiger partial charge in [0.1, 0.15) is 0 Å². The molecule has 14 heavy (non-hydrogen) atoms. The van der Waals surface area contributed by atoms with Crippen molar-refractivity contribution in [1.82, 2.24) is 4.90 Å². The third-order valence-corrected chi connectivity index (χ3v) is 2.11. The van der Waals surface area contributed by atoms with Crippen molar-refractivity contribution >= 4 is 29.1 Å². The van der Waals surface area contributed by atoms with Gasteiger partial charge in [-0.25, -0.2) is 0 Å². The molecule has 1 unspecified atom stereocenters. The number of amides is 1. The van der Waals surface area contributed by atoms with Gasteiger partial charge in [-0.3, -0.25) is 4.79 Å². The molecule has 0 heterocycles. The number of alkyl halides is 2. The number of halogens is 2. The summed E-state index contributed by atoms with van der Waals surface area (Å²) in [6, 6.07) is -0.0644. The molecule has 3 nitrogen and oxygen atoms in total. The van der Waals surface area contributed by atoms with Crippen LogP contribution in [0.1, 0.15) is 6.92 Å². The molecule has 0 aliphatic carbocycles. The zero-order chi connectivity index (χ0) is 11.1. The lowest BCUT2D eigenvalue weighted by molar-refractivity contribution is -0.131. The predicted octanol–water partition coefficient (Wildman–Crippen LogP) is 1.84. The van der Waals surface area contributed by atoms with Crippen LogP contribution in [-0.2, 0) is 9.53 Å². The first kappa shape index (κ1) is 13.8. The second kappa shape index (κ2) is 7.10. The third kappa shape index (κ3) is 4.31. The van der Waals surface area contributed by atoms with Crippen LogP contribution in [0, 0.1) is 0 Å². The highest BCUT2D eigenvalue weighted by Gasteiger charge is 2.23. The van der Waals surface area contributed by atoms with E-state index in [9.17, 15) is 4.79 Å². The number of methoxy groups -OCH3 is 1. The molecular formula is C9H15Cl2NO2. The summed E-state index contributed by atoms with van der Waals surface area (Å²) < 4.78 is 4.95. The molecule has 0 radical (unpaired) electrons. The highest BCUT2D eigenvalue weighted by atomic mass is 35.5. The molecule has 0 aliphatic heterocycles. The predicted molar refractivity (Wildman–Crippen MR) is 58.7 cm³/mol. The molecular weight excluding hydrogens is 225 g/mol. The lowest BCUT2D eigenvalue weighted by atomic mass is 10.3. The largest absolute Gasteiger partial charge is 0.383 e. The molecule has 0 spiro atoms. The Morgan fingerprint density at radius 3 is 2.57 bits per heavy atom. The normalized spacial score (nSPS) is 12.6. The topological polar surface area (TPSA) is 29.5 Å². The maximum absolute atomic E-state index is 11.5. The van der Waals surface area contributed by atoms with Crippen LogP contribution in [0.25, 0.3) is 0 Å². The van der Waals surface area contributed by atoms with Gasteiger partial charge >= 0.3 is 0 Å². The van der Waals surface area contributed by atoms with Crippen LogP contribution in [0.3, 0.4) is 0 Å². The average molecular weight is 240 g/mol. The van der Waals surface area contributed by atoms with Crippen molar-refractivity contribution < 1.29 is 9.53 Å². The molecule has 0 aliphatic rings. The molecule has 0 aromatic heterocycles. The average Bonchev–Trinajstić information content (AvgIpc) is 2.13. The van der Waals surface area contributed by atoms with Gasteiger partial charge in [0.25, 0.3) is 5.91 Å². The number of hydrogen-bond donors (Lipinski definition) is 0. The number of rotatable bonds is 6. The summed E-state index contributed by atoms with van der Waals surface area (Å²) in [7, 11) is 1.58. The second-order valence-electron chi connectivity index (χ2n) is 2.88. The Bertz CT molecular complexity index is 197. The van der Waals surface area contributed by atoms with Crippen molar-refractivity contribution in [2.45, 2.75) is 17.8 Å². The molecule has 0 saturated heterocycles. The summed E-state index contributed by atoms with van der Waals surface area (Å²) in [5.41, 5.74) is 0. The first-order chi connectivity index (χ1) is 6.54. The molecule has 1 atom stereocenters. The maximum atomic E-state index is 11.5. The van der Waals surface area contributed by atoms with E-state index < -0.39 is 4.84 Å². The van der Waals surface area contributed by atoms with Crippen molar-refractivity contribution in [3.63, 3.8) is 0 Å². The van der Waals surface area contributed by atoms with Gasteiger partial charge in [0.2, 0.25) is 0 Å². The molecule has 0 N–H and O–H groups in total. The van der Waals surface area contributed by atoms with E-state index in [4.69, 9.17) is 27.9 Å². The van der Waals surface area contributed by atoms with E-state index in [-0.39, 0.29) is 11.9 Å². The van der Waals surface area contributed by atoms with Crippen LogP contribution in [-0.4, -0.2) is 41.9 Å². The monoisotopic (exact) mass is 239 g/mol. The van der Waals surface area contributed by atoms with Gasteiger partial charge < -0.3 is 9.64 Å². The number of nitrogens with zero attached hydrogens (tertiary/aromatic N) is 1. The Labute approximate surface area is 94.6 Å². The number of carbonyl (C=O) groups is 1. The molecule has 5 heteroatoms. The van der Waals surface area contributed by atoms with Gasteiger partial charge in [-0.1, -0.05) is 29.3 Å². The fourth-order valence-electron chi connectivity index (χ4n) is 1.08. The number of ether oxygens (including phenoxy) is 1. The van der Waals surface area contributed by atoms with Gasteiger partial charge in [-0.05, 0) is 6.92 Å². The van der Waals surface area contributed by atoms with Gasteiger partial charge in [0.05, 0.1) is 12.6 Å². The van der Waals surface area contributed by atoms with Crippen LogP contribution < -0.4 is 0 Å². The summed E-state index contributed by atoms with van der Waals surface area (Å²) in [5.74, 6) is -0.321. The van der Waals surface area contributed by atoms with Gasteiger partial charge in [0, 0.05) is 13.7 Å². The Hall–Kier alpha value is -0.250. The number of hydrogen-bond acceptors (Lipinski definition) is 2. The second-order valence-corrected chi connectivity index (χ2v) is 3.98. The minimum Gasteiger partial charge on any atom is -0.383 e. The van der Waals surface area contributed by atoms with Crippen molar-refractivity contribution in [3.8, 4) is 0 Å². The van der Waals surface area contributed by atoms with Crippen LogP contribution in [0.2, 0.25) is 0 Å². The lowest BCUT2D eigenvalue weighted by Crippen LogP contribution is -2.43. The quantitative estimate of drug-likeness (QED) is 0.523. The van der Waals surface area contributed by atoms with Crippen molar-refractivity contribution in [2.24, 2.45) is 0 Å². The smallest absolute Gasteiger partial charge is 0.256 e. The molecule has 0 fully saturated rings. The Balaban J connectivity index is 4.40. The molecule has 1 amide bonds. The van der Waals surface area contributed by atoms with Crippen LogP contribution in [0.4, 0.5) is 0 Å². The van der Waals surface area contributed by atoms with E-state index in [2.05, 4.69) is 6.58 Å². The van der Waals surface area contributed by atoms with Crippen molar-refractivity contribution in [2.75, 3.05) is 20.3 Å². The molecule has 0 aromatic rings. The number of carbonyl (C=O) groups excluding carboxylic acids is 1. The first-order valence-electron chi connectivity index (χ1n) is 4.23. The van der Waals surface area contributed by atoms with E-state index in [0.717, 1.165) is 0 Å². The van der Waals surface area contributed by atoms with E-state index in [1.807, 2.05) is 6.92 Å². The van der Waals surface area contributed by atoms with Crippen molar-refractivity contribution in [1.29, 1.82) is 0 Å². The highest BCUT2D eigenvalue weighted by Crippen LogP contribution is 2.10. The molecule has 0 aromatic carbocycles. The highest BCUT2D eigenvalue weighted by molar-refractivity contribution is 6.53. The molecule has 0 bridgehead atoms. The van der Waals surface area contributed by atoms with Crippen LogP contribution in [0.15, 0.2) is 12.7 Å². The van der Waals surface area contributed by atoms with Gasteiger partial charge in [0.15, 0.2) is 4.84 Å². The molecule has 0 saturated carbocycles. The summed E-state index contributed by atoms with van der Waals surface area (Å²) in [4.78, 5) is 12.0. The zero-order valence-electron chi connectivity index (χ0n) is 8.37. The minimum absolute atomic E-state index is 0.0644. The van der Waals surface area contributed by atoms with Crippen LogP contribution >= 0.6 is 23.2 Å². The third-order valence-electron chi connectivity index (χ3n) is 1.74. The summed E-state index contributed by atoms with van der Waals surface area (Å²) in [6.45, 7) is 6.29. The Morgan fingerprint density at radius 1 is 1.64 bits per heavy atom. The van der Waals surface area contributed by atoms with Crippen molar-refractivity contribution in [3.05, 3.63) is 12.7 Å². The van der Waals surface area contributed by atoms with Gasteiger partial charge in [-0.2, -0.15) is 0 Å². The first-order valence-corrected chi connectivity index (χ1v) is 5.10. The fourth-order valence-corrected chi connectivity index (χ4v) is 1.33. The van der Waals surface area contributed by atoms with E-state index >= 15 is 0 Å². The summed E-state index contributed by atoms with van der Waals surface area (Å²) >= 11 is 11.0. The Morgan fingerprint density at radius 2 is 2.21 bits per heavy atom. The van der Waals surface area contributed by atoms with E-state index in [1.165, 1.54) is 4.90 Å². The summed E-state index contributed by atoms with van der Waals surface area (Å²) in [5, 5.41) is 0. The molecule has 82 valence electrons. The SMILES string of the molecule is C=CCN(C(=O)C(Cl)Cl)C(C)COC. The molecule has 0 rings (SSSR count). The van der Waals surface area contributed by atoms with E-state index in [1.54, 1.807) is 13.2 Å². The summed E-state index contributed by atoms with van der Waals surface area (Å²) in [6.07, 6.45) is 1.63.